The van der Waals surface area contributed by atoms with Gasteiger partial charge in [-0.25, -0.2) is 0 Å². The van der Waals surface area contributed by atoms with Crippen molar-refractivity contribution in [2.24, 2.45) is 0 Å². The van der Waals surface area contributed by atoms with E-state index in [0.29, 0.717) is 0 Å². The standard InChI is InChI=1S/C4H4N2O2.2Na/c7-3-1-2-4(8)6-5-3;;/h1-2H,(H,5,7)(H,6,8);;/q;2*+1/p-2. The molecule has 1 heterocycles. The third-order valence-corrected chi connectivity index (χ3v) is 0.616. The van der Waals surface area contributed by atoms with E-state index in [2.05, 4.69) is 10.2 Å². The van der Waals surface area contributed by atoms with Gasteiger partial charge in [0.15, 0.2) is 0 Å². The molecule has 0 bridgehead atoms. The Labute approximate surface area is 102 Å². The van der Waals surface area contributed by atoms with Crippen molar-refractivity contribution in [3.63, 3.8) is 0 Å². The van der Waals surface area contributed by atoms with E-state index in [4.69, 9.17) is 0 Å². The molecule has 0 saturated carbocycles. The van der Waals surface area contributed by atoms with Gasteiger partial charge in [0.05, 0.1) is 0 Å². The van der Waals surface area contributed by atoms with Crippen LogP contribution in [-0.4, -0.2) is 10.2 Å². The zero-order chi connectivity index (χ0) is 5.98. The molecule has 1 aromatic rings. The van der Waals surface area contributed by atoms with E-state index < -0.39 is 11.8 Å². The second-order valence-corrected chi connectivity index (χ2v) is 1.21. The molecule has 0 fully saturated rings. The van der Waals surface area contributed by atoms with Crippen LogP contribution in [0.25, 0.3) is 0 Å². The molecule has 0 spiro atoms. The molecule has 0 aliphatic rings. The summed E-state index contributed by atoms with van der Waals surface area (Å²) in [6, 6.07) is 2.16. The summed E-state index contributed by atoms with van der Waals surface area (Å²) in [5, 5.41) is 26.1. The van der Waals surface area contributed by atoms with Crippen molar-refractivity contribution >= 4 is 0 Å². The fourth-order valence-electron chi connectivity index (χ4n) is 0.308. The molecule has 1 aromatic heterocycles. The molecule has 0 aromatic carbocycles. The summed E-state index contributed by atoms with van der Waals surface area (Å²) in [7, 11) is 0. The largest absolute Gasteiger partial charge is 1.00 e. The molecular formula is C4H2N2Na2O2. The first kappa shape index (κ1) is 13.3. The van der Waals surface area contributed by atoms with Gasteiger partial charge in [-0.2, -0.15) is 10.2 Å². The van der Waals surface area contributed by atoms with Crippen LogP contribution in [-0.2, 0) is 0 Å². The second-order valence-electron chi connectivity index (χ2n) is 1.21. The van der Waals surface area contributed by atoms with E-state index in [9.17, 15) is 10.2 Å². The summed E-state index contributed by atoms with van der Waals surface area (Å²) >= 11 is 0. The Hall–Kier alpha value is 0.680. The molecule has 1 rings (SSSR count). The maximum absolute atomic E-state index is 10.1. The molecule has 0 aliphatic carbocycles. The van der Waals surface area contributed by atoms with Gasteiger partial charge >= 0.3 is 59.1 Å². The average molecular weight is 156 g/mol. The predicted octanol–water partition coefficient (Wildman–Crippen LogP) is -7.37. The number of hydrogen-bond donors (Lipinski definition) is 0. The van der Waals surface area contributed by atoms with E-state index in [0.717, 1.165) is 12.1 Å². The van der Waals surface area contributed by atoms with Gasteiger partial charge in [0.2, 0.25) is 0 Å². The summed E-state index contributed by atoms with van der Waals surface area (Å²) in [5.41, 5.74) is 0. The molecule has 0 aliphatic heterocycles. The van der Waals surface area contributed by atoms with Crippen molar-refractivity contribution in [2.45, 2.75) is 0 Å². The SMILES string of the molecule is [Na+].[Na+].[O-]c1ccc([O-])nn1. The van der Waals surface area contributed by atoms with Crippen LogP contribution in [0, 0.1) is 0 Å². The van der Waals surface area contributed by atoms with E-state index >= 15 is 0 Å². The minimum absolute atomic E-state index is 0. The average Bonchev–Trinajstić information content (AvgIpc) is 1.77. The molecule has 0 radical (unpaired) electrons. The molecule has 0 saturated heterocycles. The summed E-state index contributed by atoms with van der Waals surface area (Å²) < 4.78 is 0. The molecule has 0 unspecified atom stereocenters. The first-order valence-corrected chi connectivity index (χ1v) is 1.97. The molecule has 0 amide bonds. The fraction of sp³-hybridized carbons (Fsp3) is 0. The Morgan fingerprint density at radius 2 is 1.20 bits per heavy atom. The van der Waals surface area contributed by atoms with Crippen molar-refractivity contribution in [1.29, 1.82) is 0 Å². The number of nitrogens with zero attached hydrogens (tertiary/aromatic N) is 2. The molecule has 0 atom stereocenters. The van der Waals surface area contributed by atoms with Crippen LogP contribution >= 0.6 is 0 Å². The normalized spacial score (nSPS) is 7.20. The molecule has 6 heteroatoms. The van der Waals surface area contributed by atoms with Gasteiger partial charge in [-0.1, -0.05) is 0 Å². The van der Waals surface area contributed by atoms with Crippen LogP contribution in [0.15, 0.2) is 12.1 Å². The maximum atomic E-state index is 10.1. The third kappa shape index (κ3) is 4.49. The Morgan fingerprint density at radius 1 is 0.900 bits per heavy atom. The summed E-state index contributed by atoms with van der Waals surface area (Å²) in [4.78, 5) is 0. The van der Waals surface area contributed by atoms with Gasteiger partial charge in [0.1, 0.15) is 0 Å². The summed E-state index contributed by atoms with van der Waals surface area (Å²) in [6.45, 7) is 0. The van der Waals surface area contributed by atoms with Crippen molar-refractivity contribution in [1.82, 2.24) is 10.2 Å². The molecule has 0 N–H and O–H groups in total. The molecule has 10 heavy (non-hydrogen) atoms. The van der Waals surface area contributed by atoms with Crippen LogP contribution in [0.2, 0.25) is 0 Å². The van der Waals surface area contributed by atoms with Crippen LogP contribution in [0.3, 0.4) is 0 Å². The molecular weight excluding hydrogens is 154 g/mol. The number of hydrogen-bond acceptors (Lipinski definition) is 4. The zero-order valence-electron chi connectivity index (χ0n) is 5.87. The minimum atomic E-state index is -0.482. The molecule has 4 nitrogen and oxygen atoms in total. The van der Waals surface area contributed by atoms with Crippen molar-refractivity contribution < 1.29 is 69.3 Å². The van der Waals surface area contributed by atoms with Crippen molar-refractivity contribution in [2.75, 3.05) is 0 Å². The monoisotopic (exact) mass is 156 g/mol. The summed E-state index contributed by atoms with van der Waals surface area (Å²) in [5.74, 6) is -0.964. The van der Waals surface area contributed by atoms with Crippen LogP contribution < -0.4 is 69.3 Å². The smallest absolute Gasteiger partial charge is 0.857 e. The first-order chi connectivity index (χ1) is 3.79. The van der Waals surface area contributed by atoms with Crippen LogP contribution in [0.4, 0.5) is 0 Å². The minimum Gasteiger partial charge on any atom is -0.857 e. The third-order valence-electron chi connectivity index (χ3n) is 0.616. The number of aromatic nitrogens is 2. The molecule has 42 valence electrons. The maximum Gasteiger partial charge on any atom is 1.00 e. The number of rotatable bonds is 0. The Kier molecular flexibility index (Phi) is 8.49. The van der Waals surface area contributed by atoms with Gasteiger partial charge in [0, 0.05) is 11.8 Å². The Bertz CT molecular complexity index is 158. The van der Waals surface area contributed by atoms with Crippen LogP contribution in [0.1, 0.15) is 0 Å². The topological polar surface area (TPSA) is 71.9 Å². The summed E-state index contributed by atoms with van der Waals surface area (Å²) in [6.07, 6.45) is 0. The van der Waals surface area contributed by atoms with E-state index in [1.807, 2.05) is 0 Å². The van der Waals surface area contributed by atoms with Gasteiger partial charge in [-0.3, -0.25) is 0 Å². The van der Waals surface area contributed by atoms with E-state index in [-0.39, 0.29) is 59.1 Å². The van der Waals surface area contributed by atoms with Gasteiger partial charge in [-0.05, 0) is 12.1 Å². The van der Waals surface area contributed by atoms with Crippen molar-refractivity contribution in [3.05, 3.63) is 12.1 Å². The van der Waals surface area contributed by atoms with Crippen molar-refractivity contribution in [3.8, 4) is 11.8 Å². The van der Waals surface area contributed by atoms with Gasteiger partial charge in [0.25, 0.3) is 0 Å². The van der Waals surface area contributed by atoms with Crippen LogP contribution in [0.5, 0.6) is 11.8 Å². The predicted molar refractivity (Wildman–Crippen MR) is 20.9 cm³/mol. The van der Waals surface area contributed by atoms with Gasteiger partial charge < -0.3 is 10.2 Å². The Balaban J connectivity index is 0. The second kappa shape index (κ2) is 6.39. The fourth-order valence-corrected chi connectivity index (χ4v) is 0.308. The van der Waals surface area contributed by atoms with E-state index in [1.165, 1.54) is 0 Å². The first-order valence-electron chi connectivity index (χ1n) is 1.97. The quantitative estimate of drug-likeness (QED) is 0.350. The van der Waals surface area contributed by atoms with Gasteiger partial charge in [-0.15, -0.1) is 0 Å². The Morgan fingerprint density at radius 3 is 1.40 bits per heavy atom. The van der Waals surface area contributed by atoms with E-state index in [1.54, 1.807) is 0 Å². The zero-order valence-corrected chi connectivity index (χ0v) is 9.87.